The van der Waals surface area contributed by atoms with E-state index in [0.717, 1.165) is 116 Å². The average Bonchev–Trinajstić information content (AvgIpc) is 3.37. The van der Waals surface area contributed by atoms with Crippen LogP contribution in [0.4, 0.5) is 0 Å². The molecule has 0 amide bonds. The monoisotopic (exact) mass is 989 g/mol. The van der Waals surface area contributed by atoms with Gasteiger partial charge in [-0.2, -0.15) is 0 Å². The molecule has 1 atom stereocenters. The van der Waals surface area contributed by atoms with Crippen molar-refractivity contribution in [2.45, 2.75) is 297 Å². The molecule has 0 aliphatic rings. The highest BCUT2D eigenvalue weighted by Gasteiger charge is 2.19. The van der Waals surface area contributed by atoms with Crippen molar-refractivity contribution in [2.75, 3.05) is 13.2 Å². The summed E-state index contributed by atoms with van der Waals surface area (Å²) < 4.78 is 16.9. The predicted octanol–water partition coefficient (Wildman–Crippen LogP) is 20.3. The maximum Gasteiger partial charge on any atom is 0.306 e. The van der Waals surface area contributed by atoms with E-state index in [-0.39, 0.29) is 31.1 Å². The summed E-state index contributed by atoms with van der Waals surface area (Å²) in [7, 11) is 0. The number of hydrogen-bond acceptors (Lipinski definition) is 6. The number of carbonyl (C=O) groups excluding carboxylic acids is 3. The second-order valence-corrected chi connectivity index (χ2v) is 19.9. The molecule has 0 aliphatic heterocycles. The van der Waals surface area contributed by atoms with Crippen LogP contribution in [0.2, 0.25) is 0 Å². The molecule has 0 saturated heterocycles. The van der Waals surface area contributed by atoms with Crippen molar-refractivity contribution in [3.63, 3.8) is 0 Å². The third-order valence-corrected chi connectivity index (χ3v) is 12.9. The maximum absolute atomic E-state index is 12.9. The summed E-state index contributed by atoms with van der Waals surface area (Å²) in [5.74, 6) is -0.905. The molecule has 0 saturated carbocycles. The van der Waals surface area contributed by atoms with Gasteiger partial charge in [-0.1, -0.05) is 241 Å². The Bertz CT molecular complexity index is 1370. The van der Waals surface area contributed by atoms with Crippen molar-refractivity contribution < 1.29 is 28.6 Å². The fourth-order valence-electron chi connectivity index (χ4n) is 8.34. The smallest absolute Gasteiger partial charge is 0.306 e. The van der Waals surface area contributed by atoms with E-state index in [0.29, 0.717) is 19.3 Å². The first kappa shape index (κ1) is 67.6. The maximum atomic E-state index is 12.9. The zero-order valence-electron chi connectivity index (χ0n) is 46.7. The van der Waals surface area contributed by atoms with Crippen molar-refractivity contribution in [1.29, 1.82) is 0 Å². The Morgan fingerprint density at radius 2 is 0.549 bits per heavy atom. The molecule has 6 nitrogen and oxygen atoms in total. The Morgan fingerprint density at radius 3 is 0.901 bits per heavy atom. The third-order valence-electron chi connectivity index (χ3n) is 12.9. The van der Waals surface area contributed by atoms with Gasteiger partial charge in [0.1, 0.15) is 13.2 Å². The topological polar surface area (TPSA) is 78.9 Å². The summed E-state index contributed by atoms with van der Waals surface area (Å²) in [5.41, 5.74) is 0. The number of allylic oxidation sites excluding steroid dienone is 14. The lowest BCUT2D eigenvalue weighted by Gasteiger charge is -2.18. The summed E-state index contributed by atoms with van der Waals surface area (Å²) in [6.45, 7) is 6.49. The van der Waals surface area contributed by atoms with Gasteiger partial charge in [-0.25, -0.2) is 0 Å². The SMILES string of the molecule is CC/C=C\C/C=C\C/C=C\C/C=C\CCCCCCCCCCCCC(=O)OCC(COC(=O)CCCCCCC/C=C\CCCCCCCC)OC(=O)CCCCCCC/C=C\C/C=C\CCCCC. The summed E-state index contributed by atoms with van der Waals surface area (Å²) in [6.07, 6.45) is 77.2. The van der Waals surface area contributed by atoms with Crippen molar-refractivity contribution in [1.82, 2.24) is 0 Å². The molecule has 0 radical (unpaired) electrons. The van der Waals surface area contributed by atoms with Crippen LogP contribution in [-0.4, -0.2) is 37.2 Å². The van der Waals surface area contributed by atoms with Gasteiger partial charge in [0.05, 0.1) is 0 Å². The Labute approximate surface area is 439 Å². The molecule has 0 N–H and O–H groups in total. The van der Waals surface area contributed by atoms with E-state index in [1.807, 2.05) is 0 Å². The van der Waals surface area contributed by atoms with Crippen LogP contribution >= 0.6 is 0 Å². The lowest BCUT2D eigenvalue weighted by Crippen LogP contribution is -2.30. The predicted molar refractivity (Wildman–Crippen MR) is 307 cm³/mol. The van der Waals surface area contributed by atoms with Gasteiger partial charge in [0.2, 0.25) is 0 Å². The van der Waals surface area contributed by atoms with E-state index in [4.69, 9.17) is 14.2 Å². The van der Waals surface area contributed by atoms with E-state index < -0.39 is 6.10 Å². The van der Waals surface area contributed by atoms with Crippen LogP contribution in [0.5, 0.6) is 0 Å². The normalized spacial score (nSPS) is 12.7. The molecule has 0 rings (SSSR count). The second kappa shape index (κ2) is 59.2. The Balaban J connectivity index is 4.36. The standard InChI is InChI=1S/C65H112O6/c1-4-7-10-13-16-19-22-25-28-29-30-31-32-33-34-35-38-40-43-46-49-52-55-58-64(67)70-61-62(71-65(68)59-56-53-50-47-44-41-37-27-24-21-18-15-12-9-6-3)60-69-63(66)57-54-51-48-45-42-39-36-26-23-20-17-14-11-8-5-2/h7,10,16,18-19,21,25-28,30-31,36-37,62H,4-6,8-9,11-15,17,20,22-24,29,32-35,38-61H2,1-3H3/b10-7-,19-16-,21-18-,28-25-,31-30-,36-26-,37-27-. The zero-order chi connectivity index (χ0) is 51.4. The molecule has 408 valence electrons. The van der Waals surface area contributed by atoms with E-state index in [2.05, 4.69) is 106 Å². The highest BCUT2D eigenvalue weighted by molar-refractivity contribution is 5.71. The van der Waals surface area contributed by atoms with Gasteiger partial charge < -0.3 is 14.2 Å². The largest absolute Gasteiger partial charge is 0.462 e. The molecular weight excluding hydrogens is 877 g/mol. The van der Waals surface area contributed by atoms with Crippen molar-refractivity contribution >= 4 is 17.9 Å². The first-order valence-electron chi connectivity index (χ1n) is 30.1. The van der Waals surface area contributed by atoms with Crippen LogP contribution in [0.1, 0.15) is 290 Å². The van der Waals surface area contributed by atoms with Gasteiger partial charge in [-0.05, 0) is 116 Å². The van der Waals surface area contributed by atoms with Crippen LogP contribution in [-0.2, 0) is 28.6 Å². The number of hydrogen-bond donors (Lipinski definition) is 0. The number of rotatable bonds is 54. The van der Waals surface area contributed by atoms with Crippen LogP contribution in [0.25, 0.3) is 0 Å². The molecule has 0 aromatic rings. The molecule has 0 bridgehead atoms. The molecule has 0 heterocycles. The molecular formula is C65H112O6. The van der Waals surface area contributed by atoms with Crippen LogP contribution in [0, 0.1) is 0 Å². The van der Waals surface area contributed by atoms with Crippen molar-refractivity contribution in [2.24, 2.45) is 0 Å². The number of carbonyl (C=O) groups is 3. The van der Waals surface area contributed by atoms with Crippen molar-refractivity contribution in [3.05, 3.63) is 85.1 Å². The van der Waals surface area contributed by atoms with Crippen LogP contribution < -0.4 is 0 Å². The van der Waals surface area contributed by atoms with E-state index in [1.165, 1.54) is 135 Å². The minimum absolute atomic E-state index is 0.0864. The summed E-state index contributed by atoms with van der Waals surface area (Å²) in [6, 6.07) is 0. The number of ether oxygens (including phenoxy) is 3. The molecule has 1 unspecified atom stereocenters. The minimum Gasteiger partial charge on any atom is -0.462 e. The molecule has 6 heteroatoms. The second-order valence-electron chi connectivity index (χ2n) is 19.9. The Kier molecular flexibility index (Phi) is 56.3. The molecule has 0 fully saturated rings. The third kappa shape index (κ3) is 57.4. The Hall–Kier alpha value is -3.41. The highest BCUT2D eigenvalue weighted by Crippen LogP contribution is 2.15. The van der Waals surface area contributed by atoms with E-state index in [1.54, 1.807) is 0 Å². The zero-order valence-corrected chi connectivity index (χ0v) is 46.7. The number of unbranched alkanes of at least 4 members (excludes halogenated alkanes) is 29. The highest BCUT2D eigenvalue weighted by atomic mass is 16.6. The fraction of sp³-hybridized carbons (Fsp3) is 0.738. The fourth-order valence-corrected chi connectivity index (χ4v) is 8.34. The summed E-state index contributed by atoms with van der Waals surface area (Å²) >= 11 is 0. The quantitative estimate of drug-likeness (QED) is 0.0261. The lowest BCUT2D eigenvalue weighted by molar-refractivity contribution is -0.167. The number of esters is 3. The van der Waals surface area contributed by atoms with E-state index in [9.17, 15) is 14.4 Å². The molecule has 71 heavy (non-hydrogen) atoms. The molecule has 0 spiro atoms. The first-order chi connectivity index (χ1) is 35.0. The van der Waals surface area contributed by atoms with Crippen molar-refractivity contribution in [3.8, 4) is 0 Å². The molecule has 0 aliphatic carbocycles. The molecule has 0 aromatic carbocycles. The van der Waals surface area contributed by atoms with E-state index >= 15 is 0 Å². The van der Waals surface area contributed by atoms with Gasteiger partial charge in [-0.15, -0.1) is 0 Å². The first-order valence-corrected chi connectivity index (χ1v) is 30.1. The molecule has 0 aromatic heterocycles. The van der Waals surface area contributed by atoms with Crippen LogP contribution in [0.3, 0.4) is 0 Å². The van der Waals surface area contributed by atoms with Gasteiger partial charge in [-0.3, -0.25) is 14.4 Å². The van der Waals surface area contributed by atoms with Gasteiger partial charge >= 0.3 is 17.9 Å². The van der Waals surface area contributed by atoms with Gasteiger partial charge in [0, 0.05) is 19.3 Å². The van der Waals surface area contributed by atoms with Gasteiger partial charge in [0.25, 0.3) is 0 Å². The Morgan fingerprint density at radius 1 is 0.296 bits per heavy atom. The lowest BCUT2D eigenvalue weighted by atomic mass is 10.1. The summed E-state index contributed by atoms with van der Waals surface area (Å²) in [4.78, 5) is 38.2. The summed E-state index contributed by atoms with van der Waals surface area (Å²) in [5, 5.41) is 0. The average molecular weight is 990 g/mol. The van der Waals surface area contributed by atoms with Gasteiger partial charge in [0.15, 0.2) is 6.10 Å². The van der Waals surface area contributed by atoms with Crippen LogP contribution in [0.15, 0.2) is 85.1 Å². The minimum atomic E-state index is -0.790.